The first-order valence-electron chi connectivity index (χ1n) is 9.70. The monoisotopic (exact) mass is 486 g/mol. The van der Waals surface area contributed by atoms with Gasteiger partial charge in [-0.3, -0.25) is 9.78 Å². The first-order chi connectivity index (χ1) is 14.7. The highest BCUT2D eigenvalue weighted by molar-refractivity contribution is 7.90. The lowest BCUT2D eigenvalue weighted by Gasteiger charge is -2.31. The van der Waals surface area contributed by atoms with Gasteiger partial charge in [-0.1, -0.05) is 23.2 Å². The van der Waals surface area contributed by atoms with Crippen LogP contribution in [0.25, 0.3) is 0 Å². The molecule has 0 atom stereocenters. The molecule has 0 spiro atoms. The zero-order valence-electron chi connectivity index (χ0n) is 17.6. The number of pyridine rings is 1. The summed E-state index contributed by atoms with van der Waals surface area (Å²) in [4.78, 5) is 18.9. The summed E-state index contributed by atoms with van der Waals surface area (Å²) in [6.45, 7) is 0.896. The van der Waals surface area contributed by atoms with E-state index >= 15 is 0 Å². The topological polar surface area (TPSA) is 85.8 Å². The summed E-state index contributed by atoms with van der Waals surface area (Å²) < 4.78 is 33.7. The molecule has 0 aliphatic carbocycles. The van der Waals surface area contributed by atoms with E-state index in [-0.39, 0.29) is 10.8 Å². The van der Waals surface area contributed by atoms with Crippen LogP contribution in [0, 0.1) is 0 Å². The van der Waals surface area contributed by atoms with Crippen LogP contribution in [0.1, 0.15) is 29.7 Å². The number of hydrogen-bond acceptors (Lipinski definition) is 6. The second-order valence-corrected chi connectivity index (χ2v) is 10.1. The highest BCUT2D eigenvalue weighted by Crippen LogP contribution is 2.47. The summed E-state index contributed by atoms with van der Waals surface area (Å²) in [6, 6.07) is 3.22. The van der Waals surface area contributed by atoms with Gasteiger partial charge in [0.25, 0.3) is 0 Å². The molecule has 10 heteroatoms. The number of nitrogens with zero attached hydrogens (tertiary/aromatic N) is 2. The summed E-state index contributed by atoms with van der Waals surface area (Å²) in [7, 11) is -0.266. The Morgan fingerprint density at radius 1 is 1.13 bits per heavy atom. The van der Waals surface area contributed by atoms with Crippen molar-refractivity contribution < 1.29 is 22.7 Å². The minimum atomic E-state index is -3.27. The molecule has 168 valence electrons. The molecule has 0 bridgehead atoms. The fourth-order valence-electron chi connectivity index (χ4n) is 3.62. The van der Waals surface area contributed by atoms with E-state index in [9.17, 15) is 13.2 Å². The van der Waals surface area contributed by atoms with Gasteiger partial charge in [-0.15, -0.1) is 0 Å². The quantitative estimate of drug-likeness (QED) is 0.592. The molecule has 0 N–H and O–H groups in total. The van der Waals surface area contributed by atoms with E-state index in [1.54, 1.807) is 11.0 Å². The van der Waals surface area contributed by atoms with Crippen molar-refractivity contribution in [1.82, 2.24) is 9.88 Å². The van der Waals surface area contributed by atoms with Crippen molar-refractivity contribution in [2.45, 2.75) is 37.1 Å². The molecule has 2 aromatic rings. The average Bonchev–Trinajstić information content (AvgIpc) is 2.75. The lowest BCUT2D eigenvalue weighted by atomic mass is 9.97. The Morgan fingerprint density at radius 2 is 1.77 bits per heavy atom. The summed E-state index contributed by atoms with van der Waals surface area (Å²) >= 11 is 13.0. The molecule has 1 aromatic heterocycles. The number of sulfone groups is 1. The summed E-state index contributed by atoms with van der Waals surface area (Å²) in [5, 5.41) is 0.876. The third kappa shape index (κ3) is 5.07. The fourth-order valence-corrected chi connectivity index (χ4v) is 4.88. The summed E-state index contributed by atoms with van der Waals surface area (Å²) in [5.41, 5.74) is 2.40. The largest absolute Gasteiger partial charge is 0.491 e. The van der Waals surface area contributed by atoms with Crippen molar-refractivity contribution in [3.63, 3.8) is 0 Å². The van der Waals surface area contributed by atoms with E-state index in [2.05, 4.69) is 4.98 Å². The standard InChI is InChI=1S/C21H24Cl2N2O5S/c1-29-20-18(22)15-9-10-25(12-16(15)19(23)21(20)30-2)17(26)6-4-5-13-7-8-14(11-24-13)31(3,27)28/h7-8,11H,4-6,9-10,12H2,1-3H3. The molecule has 3 rings (SSSR count). The van der Waals surface area contributed by atoms with Gasteiger partial charge in [0.1, 0.15) is 0 Å². The maximum Gasteiger partial charge on any atom is 0.222 e. The number of carbonyl (C=O) groups excluding carboxylic acids is 1. The molecule has 1 amide bonds. The fraction of sp³-hybridized carbons (Fsp3) is 0.429. The number of halogens is 2. The Labute approximate surface area is 192 Å². The van der Waals surface area contributed by atoms with Gasteiger partial charge in [0.15, 0.2) is 21.3 Å². The minimum Gasteiger partial charge on any atom is -0.491 e. The van der Waals surface area contributed by atoms with Gasteiger partial charge in [-0.25, -0.2) is 8.42 Å². The Bertz CT molecular complexity index is 1090. The van der Waals surface area contributed by atoms with Gasteiger partial charge >= 0.3 is 0 Å². The van der Waals surface area contributed by atoms with Crippen LogP contribution in [-0.2, 0) is 34.0 Å². The van der Waals surface area contributed by atoms with Crippen LogP contribution in [0.15, 0.2) is 23.2 Å². The molecule has 0 radical (unpaired) electrons. The zero-order valence-corrected chi connectivity index (χ0v) is 19.9. The van der Waals surface area contributed by atoms with Gasteiger partial charge < -0.3 is 14.4 Å². The number of methoxy groups -OCH3 is 2. The van der Waals surface area contributed by atoms with Crippen LogP contribution < -0.4 is 9.47 Å². The molecule has 1 aromatic carbocycles. The Hall–Kier alpha value is -2.03. The molecular weight excluding hydrogens is 463 g/mol. The minimum absolute atomic E-state index is 0.0142. The first-order valence-corrected chi connectivity index (χ1v) is 12.4. The number of aryl methyl sites for hydroxylation is 1. The number of benzene rings is 1. The number of rotatable bonds is 7. The number of hydrogen-bond donors (Lipinski definition) is 0. The maximum atomic E-state index is 12.8. The molecule has 2 heterocycles. The van der Waals surface area contributed by atoms with Crippen molar-refractivity contribution in [1.29, 1.82) is 0 Å². The molecule has 0 saturated carbocycles. The second-order valence-electron chi connectivity index (χ2n) is 7.33. The molecule has 0 unspecified atom stereocenters. The number of ether oxygens (including phenoxy) is 2. The first kappa shape index (κ1) is 23.6. The van der Waals surface area contributed by atoms with E-state index in [4.69, 9.17) is 32.7 Å². The predicted molar refractivity (Wildman–Crippen MR) is 119 cm³/mol. The van der Waals surface area contributed by atoms with Crippen LogP contribution in [0.2, 0.25) is 10.0 Å². The van der Waals surface area contributed by atoms with Crippen molar-refractivity contribution >= 4 is 38.9 Å². The SMILES string of the molecule is COc1c(Cl)c2c(c(Cl)c1OC)CN(C(=O)CCCc1ccc(S(C)(=O)=O)cn1)CC2. The molecule has 1 aliphatic rings. The molecule has 1 aliphatic heterocycles. The van der Waals surface area contributed by atoms with E-state index in [1.807, 2.05) is 0 Å². The molecule has 0 fully saturated rings. The average molecular weight is 487 g/mol. The van der Waals surface area contributed by atoms with E-state index in [0.717, 1.165) is 23.1 Å². The lowest BCUT2D eigenvalue weighted by molar-refractivity contribution is -0.132. The molecule has 31 heavy (non-hydrogen) atoms. The van der Waals surface area contributed by atoms with Crippen LogP contribution in [0.3, 0.4) is 0 Å². The summed E-state index contributed by atoms with van der Waals surface area (Å²) in [6.07, 6.45) is 4.61. The Balaban J connectivity index is 1.64. The van der Waals surface area contributed by atoms with Gasteiger partial charge in [0.05, 0.1) is 29.2 Å². The number of aromatic nitrogens is 1. The highest BCUT2D eigenvalue weighted by Gasteiger charge is 2.29. The number of amides is 1. The maximum absolute atomic E-state index is 12.8. The van der Waals surface area contributed by atoms with Crippen molar-refractivity contribution in [3.05, 3.63) is 45.2 Å². The van der Waals surface area contributed by atoms with Crippen molar-refractivity contribution in [2.75, 3.05) is 27.0 Å². The van der Waals surface area contributed by atoms with Gasteiger partial charge in [0, 0.05) is 37.7 Å². The Kier molecular flexibility index (Phi) is 7.34. The van der Waals surface area contributed by atoms with Crippen molar-refractivity contribution in [2.24, 2.45) is 0 Å². The van der Waals surface area contributed by atoms with Crippen LogP contribution in [0.5, 0.6) is 11.5 Å². The normalized spacial score (nSPS) is 13.6. The highest BCUT2D eigenvalue weighted by atomic mass is 35.5. The predicted octanol–water partition coefficient (Wildman–Crippen LogP) is 3.72. The van der Waals surface area contributed by atoms with E-state index in [0.29, 0.717) is 60.3 Å². The van der Waals surface area contributed by atoms with Gasteiger partial charge in [-0.05, 0) is 42.5 Å². The number of fused-ring (bicyclic) bond motifs is 1. The number of carbonyl (C=O) groups is 1. The molecular formula is C21H24Cl2N2O5S. The van der Waals surface area contributed by atoms with E-state index < -0.39 is 9.84 Å². The lowest BCUT2D eigenvalue weighted by Crippen LogP contribution is -2.36. The van der Waals surface area contributed by atoms with Crippen LogP contribution >= 0.6 is 23.2 Å². The van der Waals surface area contributed by atoms with Gasteiger partial charge in [0.2, 0.25) is 5.91 Å². The van der Waals surface area contributed by atoms with Crippen LogP contribution in [0.4, 0.5) is 0 Å². The smallest absolute Gasteiger partial charge is 0.222 e. The molecule has 7 nitrogen and oxygen atoms in total. The summed E-state index contributed by atoms with van der Waals surface area (Å²) in [5.74, 6) is 0.785. The van der Waals surface area contributed by atoms with Gasteiger partial charge in [-0.2, -0.15) is 0 Å². The Morgan fingerprint density at radius 3 is 2.32 bits per heavy atom. The van der Waals surface area contributed by atoms with Crippen molar-refractivity contribution in [3.8, 4) is 11.5 Å². The van der Waals surface area contributed by atoms with Crippen LogP contribution in [-0.4, -0.2) is 51.2 Å². The third-order valence-corrected chi connectivity index (χ3v) is 7.19. The van der Waals surface area contributed by atoms with E-state index in [1.165, 1.54) is 26.5 Å². The molecule has 0 saturated heterocycles. The zero-order chi connectivity index (χ0) is 22.8. The third-order valence-electron chi connectivity index (χ3n) is 5.29. The second kappa shape index (κ2) is 9.63.